The number of piperidine rings is 1. The molecule has 0 aromatic carbocycles. The van der Waals surface area contributed by atoms with Crippen molar-refractivity contribution >= 4 is 11.9 Å². The van der Waals surface area contributed by atoms with Crippen LogP contribution >= 0.6 is 0 Å². The van der Waals surface area contributed by atoms with Gasteiger partial charge in [-0.15, -0.1) is 0 Å². The lowest BCUT2D eigenvalue weighted by Gasteiger charge is -2.45. The molecule has 0 saturated carbocycles. The maximum Gasteiger partial charge on any atom is 0.309 e. The molecule has 2 aliphatic heterocycles. The van der Waals surface area contributed by atoms with Crippen LogP contribution in [0.1, 0.15) is 31.2 Å². The molecule has 0 aliphatic carbocycles. The first kappa shape index (κ1) is 17.0. The monoisotopic (exact) mass is 334 g/mol. The second kappa shape index (κ2) is 6.55. The van der Waals surface area contributed by atoms with Gasteiger partial charge in [-0.3, -0.25) is 14.3 Å². The predicted molar refractivity (Wildman–Crippen MR) is 88.5 cm³/mol. The summed E-state index contributed by atoms with van der Waals surface area (Å²) in [5.74, 6) is -1.44. The molecule has 7 nitrogen and oxygen atoms in total. The van der Waals surface area contributed by atoms with Crippen LogP contribution in [0.25, 0.3) is 0 Å². The number of carbonyl (C=O) groups is 2. The molecular formula is C17H26N4O3. The minimum absolute atomic E-state index is 0.0371. The Kier molecular flexibility index (Phi) is 4.62. The number of nitrogens with zero attached hydrogens (tertiary/aromatic N) is 4. The van der Waals surface area contributed by atoms with E-state index in [0.717, 1.165) is 45.4 Å². The van der Waals surface area contributed by atoms with Gasteiger partial charge in [0.25, 0.3) is 0 Å². The number of aryl methyl sites for hydroxylation is 2. The molecule has 3 rings (SSSR count). The highest BCUT2D eigenvalue weighted by atomic mass is 16.4. The van der Waals surface area contributed by atoms with E-state index in [1.54, 1.807) is 11.9 Å². The molecule has 3 heterocycles. The van der Waals surface area contributed by atoms with Gasteiger partial charge in [-0.25, -0.2) is 0 Å². The van der Waals surface area contributed by atoms with Crippen molar-refractivity contribution in [3.05, 3.63) is 18.0 Å². The van der Waals surface area contributed by atoms with Crippen LogP contribution in [0, 0.1) is 12.8 Å². The first-order valence-corrected chi connectivity index (χ1v) is 8.63. The molecule has 0 unspecified atom stereocenters. The molecule has 132 valence electrons. The molecule has 2 fully saturated rings. The average Bonchev–Trinajstić information content (AvgIpc) is 3.07. The molecule has 0 bridgehead atoms. The number of carboxylic acids is 1. The van der Waals surface area contributed by atoms with Crippen LogP contribution in [0.15, 0.2) is 12.4 Å². The van der Waals surface area contributed by atoms with Crippen LogP contribution in [-0.4, -0.2) is 68.8 Å². The fourth-order valence-electron chi connectivity index (χ4n) is 4.19. The molecule has 1 aromatic heterocycles. The Morgan fingerprint density at radius 2 is 2.08 bits per heavy atom. The van der Waals surface area contributed by atoms with E-state index in [1.165, 1.54) is 5.56 Å². The van der Waals surface area contributed by atoms with Gasteiger partial charge in [-0.05, 0) is 38.3 Å². The summed E-state index contributed by atoms with van der Waals surface area (Å²) < 4.78 is 1.96. The Morgan fingerprint density at radius 1 is 1.38 bits per heavy atom. The number of amides is 1. The lowest BCUT2D eigenvalue weighted by atomic mass is 9.77. The Hall–Kier alpha value is -1.89. The summed E-state index contributed by atoms with van der Waals surface area (Å²) in [4.78, 5) is 27.7. The van der Waals surface area contributed by atoms with Gasteiger partial charge in [0, 0.05) is 39.3 Å². The number of hydrogen-bond acceptors (Lipinski definition) is 4. The second-order valence-corrected chi connectivity index (χ2v) is 7.13. The summed E-state index contributed by atoms with van der Waals surface area (Å²) in [5, 5.41) is 13.8. The average molecular weight is 334 g/mol. The SMILES string of the molecule is Cc1cnn(CCCN2CCC3(CC2)[C@H](C(=O)O)CC(=O)N3C)c1. The summed E-state index contributed by atoms with van der Waals surface area (Å²) in [5.41, 5.74) is 0.682. The second-order valence-electron chi connectivity index (χ2n) is 7.13. The summed E-state index contributed by atoms with van der Waals surface area (Å²) in [6.07, 6.45) is 6.56. The van der Waals surface area contributed by atoms with Crippen molar-refractivity contribution in [2.75, 3.05) is 26.7 Å². The summed E-state index contributed by atoms with van der Waals surface area (Å²) >= 11 is 0. The van der Waals surface area contributed by atoms with Crippen LogP contribution in [0.4, 0.5) is 0 Å². The van der Waals surface area contributed by atoms with Gasteiger partial charge in [0.2, 0.25) is 5.91 Å². The van der Waals surface area contributed by atoms with E-state index in [0.29, 0.717) is 0 Å². The van der Waals surface area contributed by atoms with E-state index in [1.807, 2.05) is 24.0 Å². The van der Waals surface area contributed by atoms with Crippen molar-refractivity contribution in [3.63, 3.8) is 0 Å². The first-order valence-electron chi connectivity index (χ1n) is 8.63. The maximum absolute atomic E-state index is 12.0. The number of carboxylic acid groups (broad SMARTS) is 1. The lowest BCUT2D eigenvalue weighted by Crippen LogP contribution is -2.56. The molecule has 1 atom stereocenters. The normalized spacial score (nSPS) is 24.0. The number of carbonyl (C=O) groups excluding carboxylic acids is 1. The van der Waals surface area contributed by atoms with Crippen molar-refractivity contribution in [2.45, 2.75) is 44.7 Å². The molecule has 0 radical (unpaired) electrons. The number of likely N-dealkylation sites (tertiary alicyclic amines) is 2. The highest BCUT2D eigenvalue weighted by Crippen LogP contribution is 2.42. The largest absolute Gasteiger partial charge is 0.481 e. The molecular weight excluding hydrogens is 308 g/mol. The fraction of sp³-hybridized carbons (Fsp3) is 0.706. The minimum atomic E-state index is -0.838. The quantitative estimate of drug-likeness (QED) is 0.868. The van der Waals surface area contributed by atoms with Gasteiger partial charge < -0.3 is 14.9 Å². The van der Waals surface area contributed by atoms with Crippen LogP contribution in [0.2, 0.25) is 0 Å². The van der Waals surface area contributed by atoms with Gasteiger partial charge in [0.15, 0.2) is 0 Å². The number of aliphatic carboxylic acids is 1. The molecule has 1 N–H and O–H groups in total. The van der Waals surface area contributed by atoms with Crippen LogP contribution in [0.5, 0.6) is 0 Å². The van der Waals surface area contributed by atoms with Crippen LogP contribution < -0.4 is 0 Å². The third-order valence-corrected chi connectivity index (χ3v) is 5.71. The molecule has 1 aromatic rings. The van der Waals surface area contributed by atoms with E-state index in [2.05, 4.69) is 10.00 Å². The smallest absolute Gasteiger partial charge is 0.309 e. The van der Waals surface area contributed by atoms with Gasteiger partial charge in [-0.1, -0.05) is 0 Å². The maximum atomic E-state index is 12.0. The third kappa shape index (κ3) is 3.05. The Morgan fingerprint density at radius 3 is 2.67 bits per heavy atom. The molecule has 1 amide bonds. The molecule has 24 heavy (non-hydrogen) atoms. The predicted octanol–water partition coefficient (Wildman–Crippen LogP) is 0.979. The van der Waals surface area contributed by atoms with Gasteiger partial charge >= 0.3 is 5.97 Å². The van der Waals surface area contributed by atoms with Crippen molar-refractivity contribution in [3.8, 4) is 0 Å². The van der Waals surface area contributed by atoms with E-state index >= 15 is 0 Å². The topological polar surface area (TPSA) is 78.7 Å². The van der Waals surface area contributed by atoms with Crippen LogP contribution in [-0.2, 0) is 16.1 Å². The fourth-order valence-corrected chi connectivity index (χ4v) is 4.19. The zero-order valence-electron chi connectivity index (χ0n) is 14.4. The number of aromatic nitrogens is 2. The van der Waals surface area contributed by atoms with E-state index in [-0.39, 0.29) is 12.3 Å². The van der Waals surface area contributed by atoms with Crippen molar-refractivity contribution < 1.29 is 14.7 Å². The molecule has 1 spiro atoms. The summed E-state index contributed by atoms with van der Waals surface area (Å²) in [6.45, 7) is 5.60. The third-order valence-electron chi connectivity index (χ3n) is 5.71. The van der Waals surface area contributed by atoms with Crippen molar-refractivity contribution in [2.24, 2.45) is 5.92 Å². The molecule has 2 aliphatic rings. The Bertz CT molecular complexity index is 619. The highest BCUT2D eigenvalue weighted by Gasteiger charge is 2.55. The van der Waals surface area contributed by atoms with Gasteiger partial charge in [0.05, 0.1) is 17.7 Å². The minimum Gasteiger partial charge on any atom is -0.481 e. The number of hydrogen-bond donors (Lipinski definition) is 1. The number of rotatable bonds is 5. The van der Waals surface area contributed by atoms with Crippen molar-refractivity contribution in [1.82, 2.24) is 19.6 Å². The lowest BCUT2D eigenvalue weighted by molar-refractivity contribution is -0.146. The van der Waals surface area contributed by atoms with Gasteiger partial charge in [-0.2, -0.15) is 5.10 Å². The summed E-state index contributed by atoms with van der Waals surface area (Å²) in [6, 6.07) is 0. The van der Waals surface area contributed by atoms with Gasteiger partial charge in [0.1, 0.15) is 0 Å². The van der Waals surface area contributed by atoms with E-state index in [4.69, 9.17) is 0 Å². The summed E-state index contributed by atoms with van der Waals surface area (Å²) in [7, 11) is 1.76. The zero-order chi connectivity index (χ0) is 17.3. The zero-order valence-corrected chi connectivity index (χ0v) is 14.4. The first-order chi connectivity index (χ1) is 11.4. The van der Waals surface area contributed by atoms with E-state index < -0.39 is 17.4 Å². The van der Waals surface area contributed by atoms with Crippen molar-refractivity contribution in [1.29, 1.82) is 0 Å². The Balaban J connectivity index is 1.53. The Labute approximate surface area is 142 Å². The highest BCUT2D eigenvalue weighted by molar-refractivity contribution is 5.88. The molecule has 2 saturated heterocycles. The standard InChI is InChI=1S/C17H26N4O3/c1-13-11-18-21(12-13)7-3-6-20-8-4-17(5-9-20)14(16(23)24)10-15(22)19(17)2/h11-12,14H,3-10H2,1-2H3,(H,23,24)/t14-/m0/s1. The molecule has 7 heteroatoms. The van der Waals surface area contributed by atoms with Crippen LogP contribution in [0.3, 0.4) is 0 Å². The van der Waals surface area contributed by atoms with E-state index in [9.17, 15) is 14.7 Å².